The van der Waals surface area contributed by atoms with Crippen LogP contribution in [0.1, 0.15) is 13.3 Å². The van der Waals surface area contributed by atoms with Gasteiger partial charge in [0.25, 0.3) is 11.6 Å². The van der Waals surface area contributed by atoms with Gasteiger partial charge in [-0.2, -0.15) is 0 Å². The second-order valence-corrected chi connectivity index (χ2v) is 6.26. The second kappa shape index (κ2) is 7.95. The fourth-order valence-corrected chi connectivity index (χ4v) is 3.07. The molecule has 0 saturated carbocycles. The first-order valence-corrected chi connectivity index (χ1v) is 8.57. The number of nitrogens with one attached hydrogen (secondary N) is 1. The van der Waals surface area contributed by atoms with Gasteiger partial charge in [-0.1, -0.05) is 12.1 Å². The Labute approximate surface area is 161 Å². The summed E-state index contributed by atoms with van der Waals surface area (Å²) in [6, 6.07) is 10.5. The van der Waals surface area contributed by atoms with E-state index >= 15 is 0 Å². The molecule has 146 valence electrons. The van der Waals surface area contributed by atoms with E-state index in [0.717, 1.165) is 0 Å². The highest BCUT2D eigenvalue weighted by atomic mass is 16.6. The Morgan fingerprint density at radius 2 is 2.04 bits per heavy atom. The Hall–Kier alpha value is -3.62. The summed E-state index contributed by atoms with van der Waals surface area (Å²) in [6.07, 6.45) is 0.139. The summed E-state index contributed by atoms with van der Waals surface area (Å²) in [5.74, 6) is -0.198. The number of para-hydroxylation sites is 2. The maximum absolute atomic E-state index is 12.9. The van der Waals surface area contributed by atoms with Gasteiger partial charge in [-0.15, -0.1) is 0 Å². The maximum atomic E-state index is 12.9. The first-order valence-electron chi connectivity index (χ1n) is 8.57. The summed E-state index contributed by atoms with van der Waals surface area (Å²) in [4.78, 5) is 36.9. The summed E-state index contributed by atoms with van der Waals surface area (Å²) < 4.78 is 10.7. The Morgan fingerprint density at radius 1 is 1.29 bits per heavy atom. The van der Waals surface area contributed by atoms with Crippen LogP contribution in [-0.2, 0) is 9.59 Å². The number of anilines is 2. The number of carbonyl (C=O) groups is 2. The number of nitro groups is 1. The number of methoxy groups -OCH3 is 1. The number of hydrogen-bond acceptors (Lipinski definition) is 6. The van der Waals surface area contributed by atoms with Gasteiger partial charge < -0.3 is 19.7 Å². The molecule has 1 N–H and O–H groups in total. The van der Waals surface area contributed by atoms with Gasteiger partial charge in [-0.25, -0.2) is 0 Å². The quantitative estimate of drug-likeness (QED) is 0.626. The summed E-state index contributed by atoms with van der Waals surface area (Å²) in [5, 5.41) is 13.8. The standard InChI is InChI=1S/C19H19N3O6/c1-12-9-18(23)20-14-5-3-4-6-15(14)21(12)19(24)11-28-17-10-13(22(25)26)7-8-16(17)27-2/h3-8,10,12H,9,11H2,1-2H3,(H,20,23)/t12-/m1/s1. The topological polar surface area (TPSA) is 111 Å². The zero-order chi connectivity index (χ0) is 20.3. The molecule has 0 aliphatic carbocycles. The van der Waals surface area contributed by atoms with Crippen LogP contribution >= 0.6 is 0 Å². The lowest BCUT2D eigenvalue weighted by Crippen LogP contribution is -2.41. The first kappa shape index (κ1) is 19.2. The third kappa shape index (κ3) is 3.88. The van der Waals surface area contributed by atoms with Crippen LogP contribution in [0.4, 0.5) is 17.1 Å². The smallest absolute Gasteiger partial charge is 0.273 e. The van der Waals surface area contributed by atoms with Gasteiger partial charge in [0.2, 0.25) is 5.91 Å². The molecule has 9 heteroatoms. The van der Waals surface area contributed by atoms with E-state index in [4.69, 9.17) is 9.47 Å². The molecule has 0 spiro atoms. The van der Waals surface area contributed by atoms with Crippen LogP contribution in [0.2, 0.25) is 0 Å². The number of benzene rings is 2. The van der Waals surface area contributed by atoms with Crippen molar-refractivity contribution in [2.24, 2.45) is 0 Å². The SMILES string of the molecule is COc1ccc([N+](=O)[O-])cc1OCC(=O)N1c2ccccc2NC(=O)C[C@H]1C. The summed E-state index contributed by atoms with van der Waals surface area (Å²) >= 11 is 0. The van der Waals surface area contributed by atoms with Gasteiger partial charge in [0.15, 0.2) is 18.1 Å². The lowest BCUT2D eigenvalue weighted by Gasteiger charge is -2.27. The largest absolute Gasteiger partial charge is 0.493 e. The highest BCUT2D eigenvalue weighted by Crippen LogP contribution is 2.33. The number of rotatable bonds is 5. The van der Waals surface area contributed by atoms with Crippen LogP contribution in [0.3, 0.4) is 0 Å². The minimum Gasteiger partial charge on any atom is -0.493 e. The lowest BCUT2D eigenvalue weighted by atomic mass is 10.1. The highest BCUT2D eigenvalue weighted by molar-refractivity contribution is 6.04. The van der Waals surface area contributed by atoms with Crippen molar-refractivity contribution in [1.29, 1.82) is 0 Å². The number of amides is 2. The number of ether oxygens (including phenoxy) is 2. The molecule has 0 unspecified atom stereocenters. The van der Waals surface area contributed by atoms with E-state index in [1.807, 2.05) is 0 Å². The number of carbonyl (C=O) groups excluding carboxylic acids is 2. The molecule has 0 radical (unpaired) electrons. The van der Waals surface area contributed by atoms with Crippen molar-refractivity contribution in [2.45, 2.75) is 19.4 Å². The Bertz CT molecular complexity index is 930. The molecule has 9 nitrogen and oxygen atoms in total. The van der Waals surface area contributed by atoms with E-state index in [9.17, 15) is 19.7 Å². The van der Waals surface area contributed by atoms with Crippen molar-refractivity contribution in [3.8, 4) is 11.5 Å². The van der Waals surface area contributed by atoms with Gasteiger partial charge >= 0.3 is 0 Å². The Morgan fingerprint density at radius 3 is 2.75 bits per heavy atom. The van der Waals surface area contributed by atoms with E-state index in [0.29, 0.717) is 11.4 Å². The molecule has 1 atom stereocenters. The highest BCUT2D eigenvalue weighted by Gasteiger charge is 2.30. The van der Waals surface area contributed by atoms with Crippen molar-refractivity contribution < 1.29 is 24.0 Å². The lowest BCUT2D eigenvalue weighted by molar-refractivity contribution is -0.385. The van der Waals surface area contributed by atoms with E-state index in [1.54, 1.807) is 31.2 Å². The van der Waals surface area contributed by atoms with Crippen LogP contribution in [0.5, 0.6) is 11.5 Å². The molecule has 2 amide bonds. The van der Waals surface area contributed by atoms with Crippen LogP contribution in [0, 0.1) is 10.1 Å². The van der Waals surface area contributed by atoms with E-state index in [-0.39, 0.29) is 48.1 Å². The number of nitrogens with zero attached hydrogens (tertiary/aromatic N) is 2. The van der Waals surface area contributed by atoms with Gasteiger partial charge in [-0.3, -0.25) is 19.7 Å². The number of non-ortho nitro benzene ring substituents is 1. The molecule has 0 saturated heterocycles. The molecule has 1 aliphatic heterocycles. The molecule has 1 aliphatic rings. The van der Waals surface area contributed by atoms with Crippen molar-refractivity contribution in [1.82, 2.24) is 0 Å². The third-order valence-electron chi connectivity index (χ3n) is 4.34. The summed E-state index contributed by atoms with van der Waals surface area (Å²) in [5.41, 5.74) is 0.935. The second-order valence-electron chi connectivity index (χ2n) is 6.26. The maximum Gasteiger partial charge on any atom is 0.273 e. The number of hydrogen-bond donors (Lipinski definition) is 1. The van der Waals surface area contributed by atoms with Gasteiger partial charge in [0.1, 0.15) is 0 Å². The molecule has 0 bridgehead atoms. The summed E-state index contributed by atoms with van der Waals surface area (Å²) in [6.45, 7) is 1.40. The van der Waals surface area contributed by atoms with Crippen LogP contribution in [-0.4, -0.2) is 36.5 Å². The molecule has 0 aromatic heterocycles. The fraction of sp³-hybridized carbons (Fsp3) is 0.263. The van der Waals surface area contributed by atoms with Crippen molar-refractivity contribution in [3.05, 3.63) is 52.6 Å². The molecule has 1 heterocycles. The molecular formula is C19H19N3O6. The number of nitro benzene ring substituents is 1. The van der Waals surface area contributed by atoms with E-state index in [2.05, 4.69) is 5.32 Å². The number of fused-ring (bicyclic) bond motifs is 1. The van der Waals surface area contributed by atoms with Crippen molar-refractivity contribution in [3.63, 3.8) is 0 Å². The molecule has 0 fully saturated rings. The third-order valence-corrected chi connectivity index (χ3v) is 4.34. The molecule has 2 aromatic rings. The normalized spacial score (nSPS) is 15.9. The van der Waals surface area contributed by atoms with Gasteiger partial charge in [0.05, 0.1) is 29.5 Å². The molecular weight excluding hydrogens is 366 g/mol. The van der Waals surface area contributed by atoms with E-state index < -0.39 is 4.92 Å². The molecule has 3 rings (SSSR count). The molecule has 2 aromatic carbocycles. The van der Waals surface area contributed by atoms with Crippen molar-refractivity contribution in [2.75, 3.05) is 23.9 Å². The van der Waals surface area contributed by atoms with E-state index in [1.165, 1.54) is 30.2 Å². The van der Waals surface area contributed by atoms with Gasteiger partial charge in [0, 0.05) is 18.5 Å². The average molecular weight is 385 g/mol. The Balaban J connectivity index is 1.84. The predicted octanol–water partition coefficient (Wildman–Crippen LogP) is 2.75. The van der Waals surface area contributed by atoms with Gasteiger partial charge in [-0.05, 0) is 25.1 Å². The minimum atomic E-state index is -0.557. The fourth-order valence-electron chi connectivity index (χ4n) is 3.07. The van der Waals surface area contributed by atoms with Crippen LogP contribution in [0.25, 0.3) is 0 Å². The molecule has 28 heavy (non-hydrogen) atoms. The van der Waals surface area contributed by atoms with Crippen LogP contribution in [0.15, 0.2) is 42.5 Å². The zero-order valence-electron chi connectivity index (χ0n) is 15.4. The van der Waals surface area contributed by atoms with Crippen LogP contribution < -0.4 is 19.7 Å². The summed E-state index contributed by atoms with van der Waals surface area (Å²) in [7, 11) is 1.40. The monoisotopic (exact) mass is 385 g/mol. The van der Waals surface area contributed by atoms with Crippen molar-refractivity contribution >= 4 is 28.9 Å². The predicted molar refractivity (Wildman–Crippen MR) is 102 cm³/mol. The average Bonchev–Trinajstić information content (AvgIpc) is 2.79. The first-order chi connectivity index (χ1) is 13.4. The minimum absolute atomic E-state index is 0.0926. The Kier molecular flexibility index (Phi) is 5.44. The zero-order valence-corrected chi connectivity index (χ0v) is 15.4.